The van der Waals surface area contributed by atoms with Gasteiger partial charge in [-0.05, 0) is 29.8 Å². The predicted molar refractivity (Wildman–Crippen MR) is 93.9 cm³/mol. The number of rotatable bonds is 8. The molecule has 0 fully saturated rings. The predicted octanol–water partition coefficient (Wildman–Crippen LogP) is 2.07. The molecule has 2 aromatic carbocycles. The number of hydrogen-bond acceptors (Lipinski definition) is 4. The summed E-state index contributed by atoms with van der Waals surface area (Å²) >= 11 is 0. The van der Waals surface area contributed by atoms with Crippen molar-refractivity contribution < 1.29 is 32.6 Å². The first-order valence-electron chi connectivity index (χ1n) is 8.29. The molecule has 1 atom stereocenters. The molecular formula is C19H19F3N2O4. The fourth-order valence-electron chi connectivity index (χ4n) is 2.31. The van der Waals surface area contributed by atoms with Crippen molar-refractivity contribution in [2.45, 2.75) is 25.6 Å². The number of hydrogen-bond donors (Lipinski definition) is 3. The molecule has 0 aliphatic heterocycles. The van der Waals surface area contributed by atoms with E-state index >= 15 is 0 Å². The van der Waals surface area contributed by atoms with Crippen molar-refractivity contribution >= 4 is 11.8 Å². The largest absolute Gasteiger partial charge is 0.429 e. The lowest BCUT2D eigenvalue weighted by Gasteiger charge is -2.19. The Balaban J connectivity index is 1.98. The summed E-state index contributed by atoms with van der Waals surface area (Å²) in [6.45, 7) is 0.639. The van der Waals surface area contributed by atoms with Crippen LogP contribution in [-0.4, -0.2) is 29.6 Å². The van der Waals surface area contributed by atoms with E-state index in [0.717, 1.165) is 24.3 Å². The number of amides is 2. The Hall–Kier alpha value is -3.07. The quantitative estimate of drug-likeness (QED) is 0.638. The van der Waals surface area contributed by atoms with Crippen LogP contribution in [0.2, 0.25) is 0 Å². The SMILES string of the molecule is CC(=O)N[C@H](CO)C(=O)NCc1ccc(C(F)(F)Oc2cccc(F)c2)cc1. The zero-order valence-corrected chi connectivity index (χ0v) is 14.9. The van der Waals surface area contributed by atoms with Crippen LogP contribution >= 0.6 is 0 Å². The number of alkyl halides is 2. The van der Waals surface area contributed by atoms with E-state index in [4.69, 9.17) is 5.11 Å². The minimum atomic E-state index is -3.68. The monoisotopic (exact) mass is 396 g/mol. The molecule has 0 saturated carbocycles. The van der Waals surface area contributed by atoms with Gasteiger partial charge in [-0.2, -0.15) is 8.78 Å². The summed E-state index contributed by atoms with van der Waals surface area (Å²) in [7, 11) is 0. The highest BCUT2D eigenvalue weighted by molar-refractivity contribution is 5.86. The number of nitrogens with one attached hydrogen (secondary N) is 2. The second-order valence-electron chi connectivity index (χ2n) is 5.93. The lowest BCUT2D eigenvalue weighted by Crippen LogP contribution is -2.48. The molecule has 0 spiro atoms. The molecule has 150 valence electrons. The molecule has 0 aliphatic carbocycles. The van der Waals surface area contributed by atoms with Gasteiger partial charge >= 0.3 is 6.11 Å². The lowest BCUT2D eigenvalue weighted by atomic mass is 10.1. The van der Waals surface area contributed by atoms with Crippen LogP contribution in [0.1, 0.15) is 18.1 Å². The van der Waals surface area contributed by atoms with Gasteiger partial charge in [0.15, 0.2) is 0 Å². The zero-order valence-electron chi connectivity index (χ0n) is 14.9. The number of ether oxygens (including phenoxy) is 1. The Morgan fingerprint density at radius 3 is 2.43 bits per heavy atom. The highest BCUT2D eigenvalue weighted by Crippen LogP contribution is 2.31. The van der Waals surface area contributed by atoms with Gasteiger partial charge in [0.05, 0.1) is 12.2 Å². The van der Waals surface area contributed by atoms with Crippen molar-refractivity contribution in [3.63, 3.8) is 0 Å². The summed E-state index contributed by atoms with van der Waals surface area (Å²) in [5, 5.41) is 13.9. The van der Waals surface area contributed by atoms with E-state index in [-0.39, 0.29) is 12.3 Å². The van der Waals surface area contributed by atoms with E-state index in [9.17, 15) is 22.8 Å². The van der Waals surface area contributed by atoms with Crippen molar-refractivity contribution in [2.24, 2.45) is 0 Å². The first kappa shape index (κ1) is 21.2. The summed E-state index contributed by atoms with van der Waals surface area (Å²) in [4.78, 5) is 22.9. The zero-order chi connectivity index (χ0) is 20.7. The van der Waals surface area contributed by atoms with E-state index in [1.165, 1.54) is 31.2 Å². The summed E-state index contributed by atoms with van der Waals surface area (Å²) in [6, 6.07) is 8.32. The van der Waals surface area contributed by atoms with Crippen molar-refractivity contribution in [2.75, 3.05) is 6.61 Å². The molecule has 0 bridgehead atoms. The van der Waals surface area contributed by atoms with Crippen LogP contribution < -0.4 is 15.4 Å². The first-order valence-corrected chi connectivity index (χ1v) is 8.29. The molecule has 0 aliphatic rings. The van der Waals surface area contributed by atoms with Gasteiger partial charge in [-0.3, -0.25) is 9.59 Å². The van der Waals surface area contributed by atoms with Crippen LogP contribution in [0.4, 0.5) is 13.2 Å². The van der Waals surface area contributed by atoms with E-state index in [0.29, 0.717) is 5.56 Å². The van der Waals surface area contributed by atoms with Crippen LogP contribution in [0, 0.1) is 5.82 Å². The third kappa shape index (κ3) is 5.98. The molecule has 3 N–H and O–H groups in total. The van der Waals surface area contributed by atoms with Crippen molar-refractivity contribution in [1.29, 1.82) is 0 Å². The summed E-state index contributed by atoms with van der Waals surface area (Å²) in [5.74, 6) is -2.09. The van der Waals surface area contributed by atoms with Gasteiger partial charge in [0, 0.05) is 19.5 Å². The third-order valence-corrected chi connectivity index (χ3v) is 3.68. The molecular weight excluding hydrogens is 377 g/mol. The lowest BCUT2D eigenvalue weighted by molar-refractivity contribution is -0.185. The molecule has 9 heteroatoms. The Kier molecular flexibility index (Phi) is 7.00. The van der Waals surface area contributed by atoms with Gasteiger partial charge in [-0.25, -0.2) is 4.39 Å². The van der Waals surface area contributed by atoms with Crippen LogP contribution in [0.3, 0.4) is 0 Å². The van der Waals surface area contributed by atoms with Crippen LogP contribution in [0.5, 0.6) is 5.75 Å². The minimum absolute atomic E-state index is 0.00548. The number of benzene rings is 2. The topological polar surface area (TPSA) is 87.7 Å². The molecule has 0 saturated heterocycles. The van der Waals surface area contributed by atoms with Crippen LogP contribution in [-0.2, 0) is 22.2 Å². The molecule has 0 unspecified atom stereocenters. The molecule has 28 heavy (non-hydrogen) atoms. The molecule has 2 aromatic rings. The fraction of sp³-hybridized carbons (Fsp3) is 0.263. The third-order valence-electron chi connectivity index (χ3n) is 3.68. The maximum atomic E-state index is 14.2. The Labute approximate surface area is 159 Å². The molecule has 2 amide bonds. The maximum absolute atomic E-state index is 14.2. The summed E-state index contributed by atoms with van der Waals surface area (Å²) in [6.07, 6.45) is -3.68. The number of carbonyl (C=O) groups is 2. The van der Waals surface area contributed by atoms with Gasteiger partial charge in [-0.15, -0.1) is 0 Å². The second kappa shape index (κ2) is 9.23. The van der Waals surface area contributed by atoms with Gasteiger partial charge in [0.1, 0.15) is 17.6 Å². The standard InChI is InChI=1S/C19H19F3N2O4/c1-12(26)24-17(11-25)18(27)23-10-13-5-7-14(8-6-13)19(21,22)28-16-4-2-3-15(20)9-16/h2-9,17,25H,10-11H2,1H3,(H,23,27)(H,24,26)/t17-/m1/s1. The van der Waals surface area contributed by atoms with E-state index < -0.39 is 42.0 Å². The van der Waals surface area contributed by atoms with Gasteiger partial charge in [-0.1, -0.05) is 18.2 Å². The smallest absolute Gasteiger partial charge is 0.426 e. The number of carbonyl (C=O) groups excluding carboxylic acids is 2. The number of aliphatic hydroxyl groups excluding tert-OH is 1. The summed E-state index contributed by atoms with van der Waals surface area (Å²) in [5.41, 5.74) is 0.0662. The van der Waals surface area contributed by atoms with Gasteiger partial charge in [0.25, 0.3) is 0 Å². The van der Waals surface area contributed by atoms with Crippen molar-refractivity contribution in [1.82, 2.24) is 10.6 Å². The number of halogens is 3. The Morgan fingerprint density at radius 2 is 1.86 bits per heavy atom. The maximum Gasteiger partial charge on any atom is 0.426 e. The van der Waals surface area contributed by atoms with E-state index in [1.807, 2.05) is 0 Å². The molecule has 0 radical (unpaired) electrons. The first-order chi connectivity index (χ1) is 13.2. The van der Waals surface area contributed by atoms with Gasteiger partial charge < -0.3 is 20.5 Å². The highest BCUT2D eigenvalue weighted by atomic mass is 19.3. The highest BCUT2D eigenvalue weighted by Gasteiger charge is 2.34. The van der Waals surface area contributed by atoms with E-state index in [2.05, 4.69) is 15.4 Å². The Bertz CT molecular complexity index is 828. The van der Waals surface area contributed by atoms with Crippen LogP contribution in [0.15, 0.2) is 48.5 Å². The molecule has 2 rings (SSSR count). The van der Waals surface area contributed by atoms with Gasteiger partial charge in [0.2, 0.25) is 11.8 Å². The molecule has 0 heterocycles. The Morgan fingerprint density at radius 1 is 1.18 bits per heavy atom. The second-order valence-corrected chi connectivity index (χ2v) is 5.93. The van der Waals surface area contributed by atoms with Crippen molar-refractivity contribution in [3.8, 4) is 5.75 Å². The number of aliphatic hydroxyl groups is 1. The summed E-state index contributed by atoms with van der Waals surface area (Å²) < 4.78 is 46.1. The minimum Gasteiger partial charge on any atom is -0.429 e. The average molecular weight is 396 g/mol. The van der Waals surface area contributed by atoms with Crippen LogP contribution in [0.25, 0.3) is 0 Å². The van der Waals surface area contributed by atoms with E-state index in [1.54, 1.807) is 0 Å². The normalized spacial score (nSPS) is 12.2. The fourth-order valence-corrected chi connectivity index (χ4v) is 2.31. The van der Waals surface area contributed by atoms with Crippen molar-refractivity contribution in [3.05, 3.63) is 65.5 Å². The average Bonchev–Trinajstić information content (AvgIpc) is 2.64. The molecule has 6 nitrogen and oxygen atoms in total. The molecule has 0 aromatic heterocycles.